The molecule has 1 saturated heterocycles. The Hall–Kier alpha value is -0.870. The van der Waals surface area contributed by atoms with Gasteiger partial charge in [-0.25, -0.2) is 4.98 Å². The van der Waals surface area contributed by atoms with Crippen LogP contribution in [0.1, 0.15) is 18.7 Å². The topological polar surface area (TPSA) is 20.5 Å². The highest BCUT2D eigenvalue weighted by molar-refractivity contribution is 9.10. The van der Waals surface area contributed by atoms with Gasteiger partial charge in [-0.2, -0.15) is 0 Å². The van der Waals surface area contributed by atoms with Crippen LogP contribution in [0.3, 0.4) is 0 Å². The summed E-state index contributed by atoms with van der Waals surface area (Å²) in [6.45, 7) is 2.44. The van der Waals surface area contributed by atoms with E-state index in [1.165, 1.54) is 37.3 Å². The van der Waals surface area contributed by atoms with Crippen LogP contribution in [0.5, 0.6) is 0 Å². The molecule has 0 radical (unpaired) electrons. The summed E-state index contributed by atoms with van der Waals surface area (Å²) in [5.74, 6) is 1.99. The zero-order chi connectivity index (χ0) is 12.5. The smallest absolute Gasteiger partial charge is 0.113 e. The number of likely N-dealkylation sites (tertiary alicyclic amines) is 1. The van der Waals surface area contributed by atoms with Crippen molar-refractivity contribution in [2.75, 3.05) is 20.1 Å². The first-order chi connectivity index (χ1) is 8.72. The van der Waals surface area contributed by atoms with Gasteiger partial charge in [0.2, 0.25) is 0 Å². The molecular weight excluding hydrogens is 290 g/mol. The van der Waals surface area contributed by atoms with Crippen LogP contribution < -0.4 is 0 Å². The van der Waals surface area contributed by atoms with Gasteiger partial charge in [0.1, 0.15) is 5.82 Å². The molecule has 0 N–H and O–H groups in total. The number of fused-ring (bicyclic) bond motifs is 1. The van der Waals surface area contributed by atoms with Gasteiger partial charge in [0.05, 0.1) is 11.7 Å². The molecule has 0 atom stereocenters. The molecule has 18 heavy (non-hydrogen) atoms. The molecule has 0 bridgehead atoms. The monoisotopic (exact) mass is 307 g/mol. The van der Waals surface area contributed by atoms with Gasteiger partial charge in [-0.3, -0.25) is 0 Å². The average molecular weight is 308 g/mol. The molecular formula is C14H18BrN3. The minimum atomic E-state index is 0.787. The highest BCUT2D eigenvalue weighted by atomic mass is 79.9. The lowest BCUT2D eigenvalue weighted by molar-refractivity contribution is 0.217. The molecule has 2 aromatic rings. The van der Waals surface area contributed by atoms with Crippen molar-refractivity contribution in [1.82, 2.24) is 14.3 Å². The minimum Gasteiger partial charge on any atom is -0.306 e. The Bertz CT molecular complexity index is 541. The molecule has 0 aliphatic carbocycles. The molecule has 3 heterocycles. The predicted octanol–water partition coefficient (Wildman–Crippen LogP) is 2.98. The molecule has 1 aliphatic heterocycles. The Kier molecular flexibility index (Phi) is 3.39. The van der Waals surface area contributed by atoms with Gasteiger partial charge in [0, 0.05) is 17.1 Å². The van der Waals surface area contributed by atoms with E-state index in [0.29, 0.717) is 0 Å². The van der Waals surface area contributed by atoms with Crippen molar-refractivity contribution in [3.63, 3.8) is 0 Å². The first-order valence-corrected chi connectivity index (χ1v) is 7.32. The third-order valence-corrected chi connectivity index (χ3v) is 4.37. The maximum Gasteiger partial charge on any atom is 0.113 e. The summed E-state index contributed by atoms with van der Waals surface area (Å²) in [7, 11) is 2.21. The molecule has 0 unspecified atom stereocenters. The van der Waals surface area contributed by atoms with Crippen LogP contribution in [-0.2, 0) is 6.42 Å². The SMILES string of the molecule is CN1CCC(Cc2ncc3cc(Br)ccn23)CC1. The zero-order valence-electron chi connectivity index (χ0n) is 10.6. The Morgan fingerprint density at radius 3 is 2.94 bits per heavy atom. The van der Waals surface area contributed by atoms with E-state index in [1.807, 2.05) is 6.20 Å². The van der Waals surface area contributed by atoms with Gasteiger partial charge in [-0.05, 0) is 51.0 Å². The fourth-order valence-electron chi connectivity index (χ4n) is 2.70. The van der Waals surface area contributed by atoms with Crippen molar-refractivity contribution in [3.8, 4) is 0 Å². The van der Waals surface area contributed by atoms with Gasteiger partial charge < -0.3 is 9.30 Å². The summed E-state index contributed by atoms with van der Waals surface area (Å²) < 4.78 is 3.32. The van der Waals surface area contributed by atoms with Gasteiger partial charge in [0.25, 0.3) is 0 Å². The van der Waals surface area contributed by atoms with Gasteiger partial charge in [-0.15, -0.1) is 0 Å². The maximum atomic E-state index is 4.58. The highest BCUT2D eigenvalue weighted by Gasteiger charge is 2.18. The van der Waals surface area contributed by atoms with Crippen LogP contribution in [0.15, 0.2) is 29.0 Å². The Labute approximate surface area is 116 Å². The van der Waals surface area contributed by atoms with Gasteiger partial charge >= 0.3 is 0 Å². The summed E-state index contributed by atoms with van der Waals surface area (Å²) in [6.07, 6.45) is 7.76. The second-order valence-electron chi connectivity index (χ2n) is 5.27. The normalized spacial score (nSPS) is 18.6. The number of piperidine rings is 1. The molecule has 1 fully saturated rings. The van der Waals surface area contributed by atoms with Gasteiger partial charge in [-0.1, -0.05) is 15.9 Å². The number of imidazole rings is 1. The van der Waals surface area contributed by atoms with Crippen molar-refractivity contribution in [3.05, 3.63) is 34.8 Å². The quantitative estimate of drug-likeness (QED) is 0.850. The summed E-state index contributed by atoms with van der Waals surface area (Å²) in [5.41, 5.74) is 1.17. The molecule has 96 valence electrons. The van der Waals surface area contributed by atoms with Crippen LogP contribution in [0.4, 0.5) is 0 Å². The second kappa shape index (κ2) is 5.02. The van der Waals surface area contributed by atoms with Crippen LogP contribution in [0.2, 0.25) is 0 Å². The van der Waals surface area contributed by atoms with Crippen LogP contribution in [-0.4, -0.2) is 34.4 Å². The fourth-order valence-corrected chi connectivity index (χ4v) is 3.06. The first kappa shape index (κ1) is 12.2. The predicted molar refractivity (Wildman–Crippen MR) is 76.8 cm³/mol. The van der Waals surface area contributed by atoms with E-state index < -0.39 is 0 Å². The van der Waals surface area contributed by atoms with E-state index >= 15 is 0 Å². The molecule has 0 amide bonds. The minimum absolute atomic E-state index is 0.787. The standard InChI is InChI=1S/C14H18BrN3/c1-17-5-2-11(3-6-17)8-14-16-10-13-9-12(15)4-7-18(13)14/h4,7,9-11H,2-3,5-6,8H2,1H3. The fraction of sp³-hybridized carbons (Fsp3) is 0.500. The summed E-state index contributed by atoms with van der Waals surface area (Å²) in [5, 5.41) is 0. The number of pyridine rings is 1. The molecule has 3 rings (SSSR count). The van der Waals surface area contributed by atoms with E-state index in [1.54, 1.807) is 0 Å². The van der Waals surface area contributed by atoms with Crippen LogP contribution in [0.25, 0.3) is 5.52 Å². The number of hydrogen-bond acceptors (Lipinski definition) is 2. The van der Waals surface area contributed by atoms with Crippen molar-refractivity contribution in [2.45, 2.75) is 19.3 Å². The summed E-state index contributed by atoms with van der Waals surface area (Å²) in [4.78, 5) is 6.99. The van der Waals surface area contributed by atoms with E-state index in [9.17, 15) is 0 Å². The van der Waals surface area contributed by atoms with Crippen LogP contribution >= 0.6 is 15.9 Å². The maximum absolute atomic E-state index is 4.58. The van der Waals surface area contributed by atoms with E-state index in [-0.39, 0.29) is 0 Å². The van der Waals surface area contributed by atoms with Crippen molar-refractivity contribution >= 4 is 21.4 Å². The molecule has 0 spiro atoms. The Morgan fingerprint density at radius 1 is 1.39 bits per heavy atom. The summed E-state index contributed by atoms with van der Waals surface area (Å²) >= 11 is 3.50. The second-order valence-corrected chi connectivity index (χ2v) is 6.18. The molecule has 4 heteroatoms. The highest BCUT2D eigenvalue weighted by Crippen LogP contribution is 2.22. The van der Waals surface area contributed by atoms with E-state index in [2.05, 4.69) is 55.6 Å². The third kappa shape index (κ3) is 2.45. The number of aromatic nitrogens is 2. The lowest BCUT2D eigenvalue weighted by atomic mass is 9.93. The number of halogens is 1. The van der Waals surface area contributed by atoms with E-state index in [0.717, 1.165) is 16.8 Å². The van der Waals surface area contributed by atoms with Crippen molar-refractivity contribution in [1.29, 1.82) is 0 Å². The third-order valence-electron chi connectivity index (χ3n) is 3.88. The Morgan fingerprint density at radius 2 is 2.17 bits per heavy atom. The average Bonchev–Trinajstić information content (AvgIpc) is 2.74. The van der Waals surface area contributed by atoms with E-state index in [4.69, 9.17) is 0 Å². The van der Waals surface area contributed by atoms with Crippen LogP contribution in [0, 0.1) is 5.92 Å². The number of nitrogens with zero attached hydrogens (tertiary/aromatic N) is 3. The molecule has 0 saturated carbocycles. The van der Waals surface area contributed by atoms with Crippen molar-refractivity contribution < 1.29 is 0 Å². The lowest BCUT2D eigenvalue weighted by Crippen LogP contribution is -2.31. The number of hydrogen-bond donors (Lipinski definition) is 0. The lowest BCUT2D eigenvalue weighted by Gasteiger charge is -2.28. The number of rotatable bonds is 2. The summed E-state index contributed by atoms with van der Waals surface area (Å²) in [6, 6.07) is 4.19. The van der Waals surface area contributed by atoms with Gasteiger partial charge in [0.15, 0.2) is 0 Å². The zero-order valence-corrected chi connectivity index (χ0v) is 12.2. The largest absolute Gasteiger partial charge is 0.306 e. The molecule has 3 nitrogen and oxygen atoms in total. The van der Waals surface area contributed by atoms with Crippen molar-refractivity contribution in [2.24, 2.45) is 5.92 Å². The first-order valence-electron chi connectivity index (χ1n) is 6.52. The molecule has 2 aromatic heterocycles. The molecule has 1 aliphatic rings. The Balaban J connectivity index is 1.78. The molecule has 0 aromatic carbocycles.